The molecule has 0 aliphatic carbocycles. The van der Waals surface area contributed by atoms with E-state index < -0.39 is 5.82 Å². The molecule has 0 saturated carbocycles. The summed E-state index contributed by atoms with van der Waals surface area (Å²) in [7, 11) is 0. The third kappa shape index (κ3) is 2.74. The minimum Gasteiger partial charge on any atom is -0.464 e. The molecule has 2 rings (SSSR count). The van der Waals surface area contributed by atoms with Gasteiger partial charge in [-0.15, -0.1) is 0 Å². The van der Waals surface area contributed by atoms with Gasteiger partial charge >= 0.3 is 0 Å². The molecule has 96 valence electrons. The van der Waals surface area contributed by atoms with Crippen molar-refractivity contribution in [3.63, 3.8) is 0 Å². The molecule has 1 heterocycles. The molecule has 0 amide bonds. The van der Waals surface area contributed by atoms with E-state index in [1.807, 2.05) is 26.0 Å². The molecule has 0 spiro atoms. The number of hydrogen-bond donors (Lipinski definition) is 1. The highest BCUT2D eigenvalue weighted by molar-refractivity contribution is 6.30. The first kappa shape index (κ1) is 13.1. The van der Waals surface area contributed by atoms with Crippen molar-refractivity contribution in [2.24, 2.45) is 0 Å². The summed E-state index contributed by atoms with van der Waals surface area (Å²) in [5.74, 6) is 1.24. The second-order valence-electron chi connectivity index (χ2n) is 4.11. The van der Waals surface area contributed by atoms with Gasteiger partial charge in [-0.1, -0.05) is 24.6 Å². The van der Waals surface area contributed by atoms with Gasteiger partial charge in [0.15, 0.2) is 0 Å². The molecule has 0 saturated heterocycles. The Balaban J connectivity index is 2.37. The van der Waals surface area contributed by atoms with E-state index in [2.05, 4.69) is 5.32 Å². The van der Waals surface area contributed by atoms with Crippen LogP contribution in [0.5, 0.6) is 0 Å². The van der Waals surface area contributed by atoms with Crippen LogP contribution in [-0.4, -0.2) is 6.54 Å². The number of halogens is 2. The highest BCUT2D eigenvalue weighted by Crippen LogP contribution is 2.27. The molecule has 0 aliphatic heterocycles. The zero-order valence-corrected chi connectivity index (χ0v) is 11.1. The van der Waals surface area contributed by atoms with E-state index in [0.29, 0.717) is 0 Å². The fraction of sp³-hybridized carbons (Fsp3) is 0.286. The fourth-order valence-electron chi connectivity index (χ4n) is 1.89. The van der Waals surface area contributed by atoms with Gasteiger partial charge in [0.2, 0.25) is 0 Å². The summed E-state index contributed by atoms with van der Waals surface area (Å²) in [4.78, 5) is 0. The van der Waals surface area contributed by atoms with Crippen LogP contribution in [0.25, 0.3) is 0 Å². The highest BCUT2D eigenvalue weighted by Gasteiger charge is 2.17. The molecule has 0 bridgehead atoms. The molecule has 2 nitrogen and oxygen atoms in total. The Hall–Kier alpha value is -1.32. The lowest BCUT2D eigenvalue weighted by molar-refractivity contribution is 0.434. The van der Waals surface area contributed by atoms with E-state index in [4.69, 9.17) is 16.0 Å². The normalized spacial score (nSPS) is 12.7. The molecular formula is C14H15ClFNO. The smallest absolute Gasteiger partial charge is 0.141 e. The van der Waals surface area contributed by atoms with Crippen molar-refractivity contribution in [2.45, 2.75) is 19.9 Å². The van der Waals surface area contributed by atoms with Crippen molar-refractivity contribution in [2.75, 3.05) is 6.54 Å². The Labute approximate surface area is 111 Å². The van der Waals surface area contributed by atoms with Crippen LogP contribution >= 0.6 is 11.6 Å². The third-order valence-electron chi connectivity index (χ3n) is 2.73. The standard InChI is InChI=1S/C14H15ClFNO/c1-3-17-14(13-7-4-9(2)18-13)10-5-6-12(16)11(15)8-10/h4-8,14,17H,3H2,1-2H3. The first-order valence-electron chi connectivity index (χ1n) is 5.86. The van der Waals surface area contributed by atoms with Crippen LogP contribution in [0.2, 0.25) is 5.02 Å². The van der Waals surface area contributed by atoms with Crippen LogP contribution in [0.15, 0.2) is 34.7 Å². The van der Waals surface area contributed by atoms with Crippen LogP contribution in [0.3, 0.4) is 0 Å². The van der Waals surface area contributed by atoms with E-state index >= 15 is 0 Å². The maximum absolute atomic E-state index is 13.2. The summed E-state index contributed by atoms with van der Waals surface area (Å²) < 4.78 is 18.8. The summed E-state index contributed by atoms with van der Waals surface area (Å²) in [6, 6.07) is 8.43. The van der Waals surface area contributed by atoms with Crippen LogP contribution in [-0.2, 0) is 0 Å². The second kappa shape index (κ2) is 5.55. The molecule has 1 aromatic carbocycles. The minimum atomic E-state index is -0.411. The van der Waals surface area contributed by atoms with E-state index in [9.17, 15) is 4.39 Å². The van der Waals surface area contributed by atoms with E-state index in [1.54, 1.807) is 12.1 Å². The summed E-state index contributed by atoms with van der Waals surface area (Å²) in [5.41, 5.74) is 0.887. The Kier molecular flexibility index (Phi) is 4.04. The van der Waals surface area contributed by atoms with E-state index in [-0.39, 0.29) is 11.1 Å². The molecular weight excluding hydrogens is 253 g/mol. The van der Waals surface area contributed by atoms with Crippen molar-refractivity contribution in [1.29, 1.82) is 0 Å². The lowest BCUT2D eigenvalue weighted by Gasteiger charge is -2.16. The first-order chi connectivity index (χ1) is 8.61. The number of rotatable bonds is 4. The van der Waals surface area contributed by atoms with E-state index in [0.717, 1.165) is 23.6 Å². The molecule has 1 aromatic heterocycles. The van der Waals surface area contributed by atoms with Gasteiger partial charge in [-0.3, -0.25) is 0 Å². The number of furan rings is 1. The Morgan fingerprint density at radius 2 is 2.11 bits per heavy atom. The summed E-state index contributed by atoms with van der Waals surface area (Å²) in [5, 5.41) is 3.42. The van der Waals surface area contributed by atoms with Crippen LogP contribution in [0, 0.1) is 12.7 Å². The van der Waals surface area contributed by atoms with Crippen molar-refractivity contribution in [1.82, 2.24) is 5.32 Å². The van der Waals surface area contributed by atoms with Gasteiger partial charge < -0.3 is 9.73 Å². The average molecular weight is 268 g/mol. The van der Waals surface area contributed by atoms with Crippen molar-refractivity contribution in [3.8, 4) is 0 Å². The Bertz CT molecular complexity index is 538. The van der Waals surface area contributed by atoms with Gasteiger partial charge in [0.1, 0.15) is 17.3 Å². The molecule has 0 radical (unpaired) electrons. The largest absolute Gasteiger partial charge is 0.464 e. The van der Waals surface area contributed by atoms with Crippen molar-refractivity contribution >= 4 is 11.6 Å². The maximum atomic E-state index is 13.2. The van der Waals surface area contributed by atoms with Crippen LogP contribution in [0.4, 0.5) is 4.39 Å². The minimum absolute atomic E-state index is 0.109. The number of aryl methyl sites for hydroxylation is 1. The van der Waals surface area contributed by atoms with Crippen LogP contribution in [0.1, 0.15) is 30.0 Å². The molecule has 1 atom stereocenters. The number of benzene rings is 1. The summed E-state index contributed by atoms with van der Waals surface area (Å²) >= 11 is 5.82. The predicted octanol–water partition coefficient (Wildman–Crippen LogP) is 4.08. The van der Waals surface area contributed by atoms with Gasteiger partial charge in [0.25, 0.3) is 0 Å². The van der Waals surface area contributed by atoms with Gasteiger partial charge in [-0.05, 0) is 43.3 Å². The zero-order valence-electron chi connectivity index (χ0n) is 10.3. The zero-order chi connectivity index (χ0) is 13.1. The highest BCUT2D eigenvalue weighted by atomic mass is 35.5. The Morgan fingerprint density at radius 1 is 1.33 bits per heavy atom. The third-order valence-corrected chi connectivity index (χ3v) is 3.02. The molecule has 0 aliphatic rings. The van der Waals surface area contributed by atoms with Gasteiger partial charge in [-0.2, -0.15) is 0 Å². The second-order valence-corrected chi connectivity index (χ2v) is 4.52. The quantitative estimate of drug-likeness (QED) is 0.903. The maximum Gasteiger partial charge on any atom is 0.141 e. The summed E-state index contributed by atoms with van der Waals surface area (Å²) in [6.45, 7) is 4.68. The fourth-order valence-corrected chi connectivity index (χ4v) is 2.08. The van der Waals surface area contributed by atoms with Gasteiger partial charge in [-0.25, -0.2) is 4.39 Å². The number of nitrogens with one attached hydrogen (secondary N) is 1. The first-order valence-corrected chi connectivity index (χ1v) is 6.24. The van der Waals surface area contributed by atoms with Crippen molar-refractivity contribution in [3.05, 3.63) is 58.3 Å². The lowest BCUT2D eigenvalue weighted by atomic mass is 10.0. The van der Waals surface area contributed by atoms with E-state index in [1.165, 1.54) is 6.07 Å². The lowest BCUT2D eigenvalue weighted by Crippen LogP contribution is -2.21. The molecule has 1 unspecified atom stereocenters. The molecule has 0 fully saturated rings. The molecule has 1 N–H and O–H groups in total. The molecule has 4 heteroatoms. The van der Waals surface area contributed by atoms with Crippen LogP contribution < -0.4 is 5.32 Å². The van der Waals surface area contributed by atoms with Gasteiger partial charge in [0.05, 0.1) is 11.1 Å². The molecule has 18 heavy (non-hydrogen) atoms. The van der Waals surface area contributed by atoms with Crippen molar-refractivity contribution < 1.29 is 8.81 Å². The number of hydrogen-bond acceptors (Lipinski definition) is 2. The predicted molar refractivity (Wildman–Crippen MR) is 70.4 cm³/mol. The SMILES string of the molecule is CCNC(c1ccc(F)c(Cl)c1)c1ccc(C)o1. The van der Waals surface area contributed by atoms with Gasteiger partial charge in [0, 0.05) is 0 Å². The topological polar surface area (TPSA) is 25.2 Å². The Morgan fingerprint density at radius 3 is 2.67 bits per heavy atom. The summed E-state index contributed by atoms with van der Waals surface area (Å²) in [6.07, 6.45) is 0. The molecule has 2 aromatic rings. The monoisotopic (exact) mass is 267 g/mol. The average Bonchev–Trinajstić information content (AvgIpc) is 2.76.